The minimum absolute atomic E-state index is 0.0293. The smallest absolute Gasteiger partial charge is 0.329 e. The standard InChI is InChI=1S/C51H63N9O8/c1-57-42-29-35(19-22-39(42)60(51(57)68)41-24-26-44(62)55-49(41)66)32-17-15-31(16-18-32)9-8-14-45(63)58-28-27-36-20-23-40(59(36)50(67)37(52)30-58)48(65)54-38(21-25-43(53)61)47(64)56-46(33-10-4-2-5-11-33)34-12-6-3-7-13-34/h2-7,10-13,19,22,29,31-32,36-38,40-41,46H,8-9,14-18,20-21,23-28,30,52H2,1H3,(H2,53,61)(H,54,65)(H,56,64)(H,55,62,66)/t31-,32-,36-,37+,38+,40+,41?/m1/s1. The summed E-state index contributed by atoms with van der Waals surface area (Å²) in [4.78, 5) is 108. The number of rotatable bonds is 15. The van der Waals surface area contributed by atoms with E-state index >= 15 is 0 Å². The second-order valence-corrected chi connectivity index (χ2v) is 19.1. The van der Waals surface area contributed by atoms with E-state index in [0.29, 0.717) is 49.6 Å². The first-order valence-electron chi connectivity index (χ1n) is 24.2. The van der Waals surface area contributed by atoms with Gasteiger partial charge in [0.05, 0.1) is 17.1 Å². The number of imide groups is 1. The van der Waals surface area contributed by atoms with E-state index in [1.165, 1.54) is 4.57 Å². The predicted molar refractivity (Wildman–Crippen MR) is 253 cm³/mol. The Labute approximate surface area is 395 Å². The zero-order valence-corrected chi connectivity index (χ0v) is 38.6. The zero-order valence-electron chi connectivity index (χ0n) is 38.6. The molecule has 0 bridgehead atoms. The van der Waals surface area contributed by atoms with Crippen molar-refractivity contribution in [3.8, 4) is 0 Å². The number of hydrogen-bond acceptors (Lipinski definition) is 9. The number of amides is 7. The first kappa shape index (κ1) is 47.9. The third-order valence-corrected chi connectivity index (χ3v) is 14.7. The van der Waals surface area contributed by atoms with Crippen LogP contribution < -0.4 is 33.1 Å². The number of nitrogens with one attached hydrogen (secondary N) is 3. The molecule has 0 radical (unpaired) electrons. The number of aryl methyl sites for hydroxylation is 1. The fourth-order valence-corrected chi connectivity index (χ4v) is 11.0. The van der Waals surface area contributed by atoms with Gasteiger partial charge in [0, 0.05) is 45.4 Å². The van der Waals surface area contributed by atoms with E-state index in [2.05, 4.69) is 22.0 Å². The Morgan fingerprint density at radius 1 is 0.794 bits per heavy atom. The molecule has 4 aromatic rings. The summed E-state index contributed by atoms with van der Waals surface area (Å²) in [7, 11) is 1.71. The van der Waals surface area contributed by atoms with Crippen LogP contribution in [0, 0.1) is 5.92 Å². The Morgan fingerprint density at radius 3 is 2.15 bits per heavy atom. The topological polar surface area (TPSA) is 241 Å². The molecule has 4 fully saturated rings. The number of aromatic nitrogens is 2. The molecule has 3 aromatic carbocycles. The number of nitrogens with two attached hydrogens (primary N) is 2. The summed E-state index contributed by atoms with van der Waals surface area (Å²) in [5, 5.41) is 8.27. The fraction of sp³-hybridized carbons (Fsp3) is 0.490. The lowest BCUT2D eigenvalue weighted by Crippen LogP contribution is -2.60. The van der Waals surface area contributed by atoms with Gasteiger partial charge < -0.3 is 31.9 Å². The van der Waals surface area contributed by atoms with Crippen molar-refractivity contribution >= 4 is 52.4 Å². The van der Waals surface area contributed by atoms with Gasteiger partial charge in [-0.3, -0.25) is 48.0 Å². The van der Waals surface area contributed by atoms with Crippen molar-refractivity contribution in [2.24, 2.45) is 24.4 Å². The molecule has 5 atom stereocenters. The van der Waals surface area contributed by atoms with Crippen LogP contribution in [-0.4, -0.2) is 97.5 Å². The van der Waals surface area contributed by atoms with Crippen LogP contribution in [0.25, 0.3) is 11.0 Å². The van der Waals surface area contributed by atoms with Crippen molar-refractivity contribution in [1.29, 1.82) is 0 Å². The molecule has 1 aromatic heterocycles. The molecule has 17 nitrogen and oxygen atoms in total. The van der Waals surface area contributed by atoms with Gasteiger partial charge in [0.2, 0.25) is 41.4 Å². The van der Waals surface area contributed by atoms with Gasteiger partial charge in [0.25, 0.3) is 0 Å². The molecule has 4 heterocycles. The lowest BCUT2D eigenvalue weighted by atomic mass is 9.77. The molecular weight excluding hydrogens is 867 g/mol. The first-order valence-corrected chi connectivity index (χ1v) is 24.2. The Hall–Kier alpha value is -6.62. The van der Waals surface area contributed by atoms with Crippen LogP contribution in [0.1, 0.15) is 125 Å². The minimum Gasteiger partial charge on any atom is -0.370 e. The average molecular weight is 930 g/mol. The number of imidazole rings is 1. The first-order chi connectivity index (χ1) is 32.8. The maximum Gasteiger partial charge on any atom is 0.329 e. The Morgan fingerprint density at radius 2 is 1.49 bits per heavy atom. The maximum atomic E-state index is 14.0. The van der Waals surface area contributed by atoms with Gasteiger partial charge in [0.15, 0.2) is 0 Å². The highest BCUT2D eigenvalue weighted by Crippen LogP contribution is 2.39. The van der Waals surface area contributed by atoms with Crippen LogP contribution in [0.5, 0.6) is 0 Å². The summed E-state index contributed by atoms with van der Waals surface area (Å²) < 4.78 is 3.08. The van der Waals surface area contributed by atoms with E-state index in [4.69, 9.17) is 11.5 Å². The van der Waals surface area contributed by atoms with Gasteiger partial charge >= 0.3 is 5.69 Å². The van der Waals surface area contributed by atoms with E-state index in [1.54, 1.807) is 21.4 Å². The number of carbonyl (C=O) groups excluding carboxylic acids is 7. The van der Waals surface area contributed by atoms with Gasteiger partial charge in [-0.1, -0.05) is 66.7 Å². The van der Waals surface area contributed by atoms with E-state index in [9.17, 15) is 38.4 Å². The lowest BCUT2D eigenvalue weighted by molar-refractivity contribution is -0.145. The van der Waals surface area contributed by atoms with Crippen LogP contribution in [0.15, 0.2) is 83.7 Å². The van der Waals surface area contributed by atoms with Gasteiger partial charge in [0.1, 0.15) is 24.2 Å². The van der Waals surface area contributed by atoms with Gasteiger partial charge in [-0.05, 0) is 111 Å². The summed E-state index contributed by atoms with van der Waals surface area (Å²) in [6.07, 6.45) is 7.65. The molecule has 3 aliphatic heterocycles. The number of piperidine rings is 1. The van der Waals surface area contributed by atoms with Gasteiger partial charge in [-0.25, -0.2) is 4.79 Å². The number of fused-ring (bicyclic) bond motifs is 2. The molecule has 8 rings (SSSR count). The van der Waals surface area contributed by atoms with Crippen LogP contribution in [0.2, 0.25) is 0 Å². The van der Waals surface area contributed by atoms with Crippen molar-refractivity contribution < 1.29 is 33.6 Å². The molecule has 360 valence electrons. The third kappa shape index (κ3) is 10.6. The zero-order chi connectivity index (χ0) is 48.1. The SMILES string of the molecule is Cn1c(=O)n(C2CCC(=O)NC2=O)c2ccc([C@H]3CC[C@H](CCCC(=O)N4CC[C@H]5CC[C@@H](C(=O)N[C@@H](CCC(N)=O)C(=O)NC(c6ccccc6)c6ccccc6)N5C(=O)[C@@H](N)C4)CC3)cc21. The van der Waals surface area contributed by atoms with Crippen LogP contribution in [-0.2, 0) is 40.6 Å². The van der Waals surface area contributed by atoms with Crippen molar-refractivity contribution in [1.82, 2.24) is 34.9 Å². The maximum absolute atomic E-state index is 14.0. The van der Waals surface area contributed by atoms with E-state index in [-0.39, 0.29) is 55.8 Å². The minimum atomic E-state index is -1.10. The number of nitrogens with zero attached hydrogens (tertiary/aromatic N) is 4. The molecule has 3 saturated heterocycles. The third-order valence-electron chi connectivity index (χ3n) is 14.7. The van der Waals surface area contributed by atoms with E-state index in [0.717, 1.165) is 60.7 Å². The molecule has 17 heteroatoms. The van der Waals surface area contributed by atoms with E-state index in [1.807, 2.05) is 72.8 Å². The molecule has 0 spiro atoms. The number of benzene rings is 3. The highest BCUT2D eigenvalue weighted by Gasteiger charge is 2.45. The lowest BCUT2D eigenvalue weighted by Gasteiger charge is -2.38. The Balaban J connectivity index is 0.824. The predicted octanol–water partition coefficient (Wildman–Crippen LogP) is 3.34. The second-order valence-electron chi connectivity index (χ2n) is 19.1. The largest absolute Gasteiger partial charge is 0.370 e. The molecule has 1 aliphatic carbocycles. The monoisotopic (exact) mass is 929 g/mol. The number of primary amides is 1. The van der Waals surface area contributed by atoms with Crippen molar-refractivity contribution in [3.05, 3.63) is 106 Å². The van der Waals surface area contributed by atoms with Crippen molar-refractivity contribution in [2.45, 2.75) is 132 Å². The van der Waals surface area contributed by atoms with Crippen LogP contribution in [0.4, 0.5) is 0 Å². The fourth-order valence-electron chi connectivity index (χ4n) is 11.0. The molecule has 7 amide bonds. The van der Waals surface area contributed by atoms with Gasteiger partial charge in [-0.2, -0.15) is 0 Å². The van der Waals surface area contributed by atoms with E-state index < -0.39 is 59.7 Å². The number of hydrogen-bond donors (Lipinski definition) is 5. The summed E-state index contributed by atoms with van der Waals surface area (Å²) in [5.74, 6) is -2.05. The average Bonchev–Trinajstić information content (AvgIpc) is 3.87. The van der Waals surface area contributed by atoms with Crippen molar-refractivity contribution in [2.75, 3.05) is 13.1 Å². The quantitative estimate of drug-likeness (QED) is 0.110. The highest BCUT2D eigenvalue weighted by atomic mass is 16.2. The van der Waals surface area contributed by atoms with Crippen LogP contribution in [0.3, 0.4) is 0 Å². The Kier molecular flexibility index (Phi) is 14.9. The molecule has 4 aliphatic rings. The summed E-state index contributed by atoms with van der Waals surface area (Å²) in [6.45, 7) is 0.439. The summed E-state index contributed by atoms with van der Waals surface area (Å²) in [5.41, 5.74) is 16.0. The molecular formula is C51H63N9O8. The Bertz CT molecular complexity index is 2550. The molecule has 1 unspecified atom stereocenters. The molecule has 68 heavy (non-hydrogen) atoms. The number of carbonyl (C=O) groups is 7. The summed E-state index contributed by atoms with van der Waals surface area (Å²) >= 11 is 0. The van der Waals surface area contributed by atoms with Crippen LogP contribution >= 0.6 is 0 Å². The normalized spacial score (nSPS) is 23.7. The molecule has 1 saturated carbocycles. The molecule has 7 N–H and O–H groups in total. The second kappa shape index (κ2) is 21.1. The highest BCUT2D eigenvalue weighted by molar-refractivity contribution is 6.00. The van der Waals surface area contributed by atoms with Gasteiger partial charge in [-0.15, -0.1) is 0 Å². The summed E-state index contributed by atoms with van der Waals surface area (Å²) in [6, 6.07) is 20.3. The van der Waals surface area contributed by atoms with Crippen molar-refractivity contribution in [3.63, 3.8) is 0 Å².